The molecule has 3 aromatic rings. The Balaban J connectivity index is 1.21. The maximum atomic E-state index is 12.4. The third-order valence-corrected chi connectivity index (χ3v) is 7.81. The summed E-state index contributed by atoms with van der Waals surface area (Å²) >= 11 is 5.12. The number of aliphatic hydroxyl groups is 2. The number of nitrogens with one attached hydrogen (secondary N) is 2. The number of aliphatic hydroxyl groups excluding tert-OH is 2. The van der Waals surface area contributed by atoms with E-state index >= 15 is 0 Å². The number of nitrogen functional groups attached to an aromatic ring is 1. The minimum absolute atomic E-state index is 0.0342. The highest BCUT2D eigenvalue weighted by Gasteiger charge is 2.42. The molecule has 5 rings (SSSR count). The third kappa shape index (κ3) is 6.21. The molecule has 7 N–H and O–H groups in total. The van der Waals surface area contributed by atoms with Gasteiger partial charge in [-0.05, 0) is 17.0 Å². The molecule has 2 aliphatic rings. The first kappa shape index (κ1) is 29.0. The summed E-state index contributed by atoms with van der Waals surface area (Å²) in [5.41, 5.74) is 15.0. The molecule has 0 aliphatic carbocycles. The van der Waals surface area contributed by atoms with Crippen LogP contribution in [0.5, 0.6) is 0 Å². The number of nitrogens with zero attached hydrogens (tertiary/aromatic N) is 9. The lowest BCUT2D eigenvalue weighted by atomic mass is 10.2. The van der Waals surface area contributed by atoms with Crippen LogP contribution in [0.25, 0.3) is 21.6 Å². The normalized spacial score (nSPS) is 27.5. The monoisotopic (exact) mass is 614 g/mol. The molecule has 1 unspecified atom stereocenters. The second-order valence-corrected chi connectivity index (χ2v) is 11.6. The van der Waals surface area contributed by atoms with Crippen molar-refractivity contribution in [1.82, 2.24) is 34.1 Å². The number of aromatic amines is 1. The zero-order chi connectivity index (χ0) is 29.3. The van der Waals surface area contributed by atoms with E-state index in [2.05, 4.69) is 40.5 Å². The predicted molar refractivity (Wildman–Crippen MR) is 139 cm³/mol. The molecule has 2 fully saturated rings. The van der Waals surface area contributed by atoms with Crippen LogP contribution >= 0.6 is 6.72 Å². The van der Waals surface area contributed by atoms with Crippen LogP contribution in [0.15, 0.2) is 27.5 Å². The molecule has 0 saturated carbocycles. The third-order valence-electron chi connectivity index (χ3n) is 6.23. The quantitative estimate of drug-likeness (QED) is 0.0499. The van der Waals surface area contributed by atoms with Crippen LogP contribution in [0.4, 0.5) is 11.9 Å². The van der Waals surface area contributed by atoms with Crippen molar-refractivity contribution in [1.29, 1.82) is 0 Å². The molecule has 0 spiro atoms. The molecule has 21 nitrogen and oxygen atoms in total. The summed E-state index contributed by atoms with van der Waals surface area (Å²) in [5, 5.41) is 23.3. The van der Waals surface area contributed by atoms with Gasteiger partial charge in [0.1, 0.15) is 31.0 Å². The number of imidazole rings is 1. The minimum Gasteiger partial charge on any atom is -0.394 e. The molecule has 0 bridgehead atoms. The Morgan fingerprint density at radius 1 is 1.24 bits per heavy atom. The van der Waals surface area contributed by atoms with Crippen molar-refractivity contribution in [2.45, 2.75) is 49.7 Å². The van der Waals surface area contributed by atoms with E-state index in [1.165, 1.54) is 10.9 Å². The lowest BCUT2D eigenvalue weighted by Crippen LogP contribution is -2.29. The number of ether oxygens (including phenoxy) is 2. The molecule has 5 heterocycles. The summed E-state index contributed by atoms with van der Waals surface area (Å²) < 4.78 is 25.0. The van der Waals surface area contributed by atoms with Gasteiger partial charge in [0.05, 0.1) is 31.7 Å². The molecule has 0 amide bonds. The van der Waals surface area contributed by atoms with Gasteiger partial charge in [0.2, 0.25) is 5.95 Å². The SMILES string of the molecule is [N-]=[N+]=NNc1ncn([C@H]2C[C@@H](OP(O)(=S)OC[C@H]3O[C@@H](n4cnc5c(=O)[nH]c(N)nc54)C[C@H]3O)[C@@H](CO)O2)c(=O)n1. The van der Waals surface area contributed by atoms with E-state index in [1.807, 2.05) is 0 Å². The molecule has 220 valence electrons. The largest absolute Gasteiger partial charge is 0.394 e. The highest BCUT2D eigenvalue weighted by Crippen LogP contribution is 2.49. The van der Waals surface area contributed by atoms with E-state index in [1.54, 1.807) is 0 Å². The molecular weight excluding hydrogens is 591 g/mol. The van der Waals surface area contributed by atoms with Crippen LogP contribution in [0.3, 0.4) is 0 Å². The highest BCUT2D eigenvalue weighted by atomic mass is 32.5. The Morgan fingerprint density at radius 2 is 1.98 bits per heavy atom. The van der Waals surface area contributed by atoms with Gasteiger partial charge in [-0.15, -0.1) is 10.5 Å². The number of aromatic nitrogens is 7. The molecule has 0 aromatic carbocycles. The maximum Gasteiger partial charge on any atom is 0.355 e. The number of hydrogen-bond acceptors (Lipinski definition) is 15. The van der Waals surface area contributed by atoms with E-state index in [9.17, 15) is 24.7 Å². The van der Waals surface area contributed by atoms with Gasteiger partial charge in [-0.3, -0.25) is 18.9 Å². The Labute approximate surface area is 232 Å². The summed E-state index contributed by atoms with van der Waals surface area (Å²) in [4.78, 5) is 55.5. The van der Waals surface area contributed by atoms with E-state index in [0.717, 1.165) is 10.9 Å². The fraction of sp³-hybridized carbons (Fsp3) is 0.556. The number of nitrogens with two attached hydrogens (primary N) is 1. The highest BCUT2D eigenvalue weighted by molar-refractivity contribution is 8.07. The topological polar surface area (TPSA) is 296 Å². The Bertz CT molecular complexity index is 1640. The molecule has 2 aliphatic heterocycles. The van der Waals surface area contributed by atoms with Crippen molar-refractivity contribution in [3.8, 4) is 0 Å². The van der Waals surface area contributed by atoms with Gasteiger partial charge >= 0.3 is 18.4 Å². The molecule has 2 saturated heterocycles. The zero-order valence-electron chi connectivity index (χ0n) is 20.7. The second kappa shape index (κ2) is 11.7. The zero-order valence-corrected chi connectivity index (χ0v) is 22.4. The van der Waals surface area contributed by atoms with Crippen LogP contribution in [-0.4, -0.2) is 86.8 Å². The van der Waals surface area contributed by atoms with Gasteiger partial charge in [-0.1, -0.05) is 0 Å². The van der Waals surface area contributed by atoms with Crippen molar-refractivity contribution in [2.24, 2.45) is 5.22 Å². The molecular formula is C18H23N12O9PS. The van der Waals surface area contributed by atoms with Crippen molar-refractivity contribution in [3.05, 3.63) is 43.9 Å². The van der Waals surface area contributed by atoms with Gasteiger partial charge in [0.25, 0.3) is 5.56 Å². The van der Waals surface area contributed by atoms with Crippen LogP contribution in [0, 0.1) is 0 Å². The van der Waals surface area contributed by atoms with Crippen LogP contribution in [-0.2, 0) is 30.3 Å². The molecule has 41 heavy (non-hydrogen) atoms. The van der Waals surface area contributed by atoms with Crippen molar-refractivity contribution < 1.29 is 33.6 Å². The average molecular weight is 614 g/mol. The maximum absolute atomic E-state index is 12.4. The number of anilines is 2. The number of fused-ring (bicyclic) bond motifs is 1. The van der Waals surface area contributed by atoms with Crippen LogP contribution in [0.2, 0.25) is 0 Å². The van der Waals surface area contributed by atoms with Crippen LogP contribution in [0.1, 0.15) is 25.3 Å². The number of rotatable bonds is 10. The van der Waals surface area contributed by atoms with Gasteiger partial charge in [-0.2, -0.15) is 20.3 Å². The van der Waals surface area contributed by atoms with Crippen LogP contribution < -0.4 is 22.4 Å². The molecule has 3 aromatic heterocycles. The van der Waals surface area contributed by atoms with Gasteiger partial charge in [0.15, 0.2) is 11.2 Å². The fourth-order valence-electron chi connectivity index (χ4n) is 4.37. The second-order valence-electron chi connectivity index (χ2n) is 8.83. The standard InChI is InChI=1S/C18H23N12O9PS/c19-16-23-14-13(15(33)24-16)21-5-29(14)11-1-7(32)10(38-11)4-36-40(35,41)39-8-2-12(37-9(8)3-31)30-6-22-17(25-18(30)34)26-28-27-20/h5-12,31-32H,1-4H2,(H,35,41)(H,25,26,34)(H3,19,23,24,33)/t7-,8-,9-,10-,11-,12-,40?/m1/s1. The number of H-pyrrole nitrogens is 1. The first-order valence-electron chi connectivity index (χ1n) is 11.8. The van der Waals surface area contributed by atoms with Crippen molar-refractivity contribution >= 4 is 41.6 Å². The van der Waals surface area contributed by atoms with Gasteiger partial charge in [0, 0.05) is 12.8 Å². The predicted octanol–water partition coefficient (Wildman–Crippen LogP) is -1.46. The lowest BCUT2D eigenvalue weighted by molar-refractivity contribution is -0.0521. The number of azide groups is 1. The van der Waals surface area contributed by atoms with E-state index in [4.69, 9.17) is 41.6 Å². The van der Waals surface area contributed by atoms with Gasteiger partial charge < -0.3 is 39.4 Å². The molecule has 23 heteroatoms. The first-order chi connectivity index (χ1) is 19.6. The summed E-state index contributed by atoms with van der Waals surface area (Å²) in [7, 11) is 0. The number of hydrogen-bond donors (Lipinski definition) is 6. The summed E-state index contributed by atoms with van der Waals surface area (Å²) in [5.74, 6) is -0.349. The first-order valence-corrected chi connectivity index (χ1v) is 14.4. The smallest absolute Gasteiger partial charge is 0.355 e. The van der Waals surface area contributed by atoms with Crippen molar-refractivity contribution in [2.75, 3.05) is 24.4 Å². The summed E-state index contributed by atoms with van der Waals surface area (Å²) in [6, 6.07) is 0. The summed E-state index contributed by atoms with van der Waals surface area (Å²) in [6.45, 7) is -4.86. The Kier molecular flexibility index (Phi) is 8.29. The lowest BCUT2D eigenvalue weighted by Gasteiger charge is -2.24. The fourth-order valence-corrected chi connectivity index (χ4v) is 5.84. The van der Waals surface area contributed by atoms with E-state index in [-0.39, 0.29) is 42.5 Å². The molecule has 7 atom stereocenters. The molecule has 0 radical (unpaired) electrons. The Hall–Kier alpha value is -3.56. The summed E-state index contributed by atoms with van der Waals surface area (Å²) in [6.07, 6.45) is -3.22. The minimum atomic E-state index is -3.97. The average Bonchev–Trinajstić information content (AvgIpc) is 3.62. The van der Waals surface area contributed by atoms with E-state index < -0.39 is 61.4 Å². The van der Waals surface area contributed by atoms with Crippen molar-refractivity contribution in [3.63, 3.8) is 0 Å². The Morgan fingerprint density at radius 3 is 2.71 bits per heavy atom. The van der Waals surface area contributed by atoms with Gasteiger partial charge in [-0.25, -0.2) is 9.78 Å². The van der Waals surface area contributed by atoms with E-state index in [0.29, 0.717) is 0 Å².